The first-order valence-corrected chi connectivity index (χ1v) is 30.6. The molecule has 0 N–H and O–H groups in total. The van der Waals surface area contributed by atoms with Crippen molar-refractivity contribution in [1.82, 2.24) is 15.0 Å². The van der Waals surface area contributed by atoms with Crippen LogP contribution in [0.4, 0.5) is 34.1 Å². The second-order valence-corrected chi connectivity index (χ2v) is 23.1. The highest BCUT2D eigenvalue weighted by molar-refractivity contribution is 6.25. The van der Waals surface area contributed by atoms with E-state index in [9.17, 15) is 0 Å². The molecule has 0 radical (unpaired) electrons. The van der Waals surface area contributed by atoms with Crippen LogP contribution in [0.5, 0.6) is 0 Å². The fraction of sp³-hybridized carbons (Fsp3) is 0.0370. The third-order valence-corrected chi connectivity index (χ3v) is 17.3. The summed E-state index contributed by atoms with van der Waals surface area (Å²) in [4.78, 5) is 70.6. The van der Waals surface area contributed by atoms with Crippen molar-refractivity contribution in [3.63, 3.8) is 0 Å². The lowest BCUT2D eigenvalue weighted by Gasteiger charge is -2.28. The molecule has 10 aromatic carbocycles. The SMILES string of the molecule is Cc1cc(N(C(=O)c2cc(C(=O)N(c3cnc(-c4ccccc4)c(C)c3)c3cccc4oc5ccccc5c34)cc(C(=O)N(c3cnc(-c4ccccc4)c(C)c3)c3cccc4oc5ccccc5c34)c2)c2cccc3oc4ccccc4c23)cnc1-c1ccccc1. The zero-order valence-corrected chi connectivity index (χ0v) is 50.6. The molecule has 16 aromatic rings. The van der Waals surface area contributed by atoms with E-state index in [-0.39, 0.29) is 16.7 Å². The van der Waals surface area contributed by atoms with Gasteiger partial charge in [0.2, 0.25) is 0 Å². The van der Waals surface area contributed by atoms with Crippen LogP contribution in [-0.4, -0.2) is 32.7 Å². The summed E-state index contributed by atoms with van der Waals surface area (Å²) >= 11 is 0. The van der Waals surface area contributed by atoms with E-state index in [1.54, 1.807) is 51.5 Å². The second kappa shape index (κ2) is 22.8. The molecule has 12 nitrogen and oxygen atoms in total. The van der Waals surface area contributed by atoms with Gasteiger partial charge in [-0.15, -0.1) is 0 Å². The molecule has 0 aliphatic heterocycles. The van der Waals surface area contributed by atoms with Crippen LogP contribution in [0.3, 0.4) is 0 Å². The van der Waals surface area contributed by atoms with Gasteiger partial charge in [-0.25, -0.2) is 0 Å². The van der Waals surface area contributed by atoms with E-state index in [1.165, 1.54) is 0 Å². The number of hydrogen-bond donors (Lipinski definition) is 0. The number of furan rings is 3. The summed E-state index contributed by atoms with van der Waals surface area (Å²) in [7, 11) is 0. The number of anilines is 6. The first-order valence-electron chi connectivity index (χ1n) is 30.6. The third kappa shape index (κ3) is 9.72. The third-order valence-electron chi connectivity index (χ3n) is 17.3. The molecule has 3 amide bonds. The Labute approximate surface area is 533 Å². The largest absolute Gasteiger partial charge is 0.456 e. The van der Waals surface area contributed by atoms with Gasteiger partial charge >= 0.3 is 0 Å². The van der Waals surface area contributed by atoms with Crippen molar-refractivity contribution in [2.45, 2.75) is 20.8 Å². The van der Waals surface area contributed by atoms with E-state index in [2.05, 4.69) is 0 Å². The minimum atomic E-state index is -0.566. The van der Waals surface area contributed by atoms with Crippen LogP contribution in [0.15, 0.2) is 287 Å². The van der Waals surface area contributed by atoms with Gasteiger partial charge in [0.05, 0.1) is 86.0 Å². The molecule has 0 atom stereocenters. The zero-order chi connectivity index (χ0) is 62.8. The highest BCUT2D eigenvalue weighted by Gasteiger charge is 2.33. The first kappa shape index (κ1) is 55.7. The number of carbonyl (C=O) groups excluding carboxylic acids is 3. The number of hydrogen-bond acceptors (Lipinski definition) is 9. The van der Waals surface area contributed by atoms with Gasteiger partial charge < -0.3 is 13.3 Å². The number of para-hydroxylation sites is 3. The van der Waals surface area contributed by atoms with Gasteiger partial charge in [0, 0.05) is 49.5 Å². The molecule has 0 saturated carbocycles. The number of benzene rings is 10. The standard InChI is InChI=1S/C81H54N6O6/c1-49-40-58(46-82-76(49)52-22-7-4-8-23-52)85(64-31-19-37-70-73(64)61-28-13-16-34-67(61)91-70)79(88)55-43-56(80(89)86(59-41-50(2)77(83-47-59)53-24-9-5-10-25-53)65-32-20-38-71-74(65)62-29-14-17-35-68(62)92-71)45-57(44-55)81(90)87(60-42-51(3)78(84-48-60)54-26-11-6-12-27-54)66-33-21-39-72-75(66)63-30-15-18-36-69(63)93-72/h4-48H,1-3H3. The topological polar surface area (TPSA) is 139 Å². The second-order valence-electron chi connectivity index (χ2n) is 23.1. The van der Waals surface area contributed by atoms with Gasteiger partial charge in [-0.3, -0.25) is 44.0 Å². The lowest BCUT2D eigenvalue weighted by atomic mass is 9.99. The lowest BCUT2D eigenvalue weighted by molar-refractivity contribution is 0.0998. The Bertz CT molecular complexity index is 5090. The molecule has 93 heavy (non-hydrogen) atoms. The Kier molecular flexibility index (Phi) is 13.7. The van der Waals surface area contributed by atoms with Crippen LogP contribution in [0, 0.1) is 20.8 Å². The van der Waals surface area contributed by atoms with Gasteiger partial charge in [0.1, 0.15) is 33.5 Å². The maximum absolute atomic E-state index is 16.9. The Balaban J connectivity index is 0.952. The van der Waals surface area contributed by atoms with Crippen LogP contribution in [0.1, 0.15) is 47.8 Å². The Morgan fingerprint density at radius 1 is 0.290 bits per heavy atom. The number of nitrogens with zero attached hydrogens (tertiary/aromatic N) is 6. The number of rotatable bonds is 12. The Morgan fingerprint density at radius 3 is 0.828 bits per heavy atom. The molecule has 0 bridgehead atoms. The summed E-state index contributed by atoms with van der Waals surface area (Å²) in [5, 5.41) is 4.38. The molecule has 0 aliphatic rings. The fourth-order valence-corrected chi connectivity index (χ4v) is 13.1. The molecule has 0 fully saturated rings. The highest BCUT2D eigenvalue weighted by atomic mass is 16.3. The molecule has 0 unspecified atom stereocenters. The average Bonchev–Trinajstić information content (AvgIpc) is 1.75. The molecule has 0 spiro atoms. The van der Waals surface area contributed by atoms with Gasteiger partial charge in [0.25, 0.3) is 17.7 Å². The zero-order valence-electron chi connectivity index (χ0n) is 50.6. The number of pyridine rings is 3. The van der Waals surface area contributed by atoms with Crippen LogP contribution in [-0.2, 0) is 0 Å². The summed E-state index contributed by atoms with van der Waals surface area (Å²) in [5.74, 6) is -1.70. The van der Waals surface area contributed by atoms with Crippen molar-refractivity contribution < 1.29 is 27.6 Å². The van der Waals surface area contributed by atoms with Gasteiger partial charge in [-0.05, 0) is 128 Å². The van der Waals surface area contributed by atoms with Gasteiger partial charge in [0.15, 0.2) is 0 Å². The summed E-state index contributed by atoms with van der Waals surface area (Å²) in [6.45, 7) is 5.90. The van der Waals surface area contributed by atoms with Crippen molar-refractivity contribution in [3.8, 4) is 33.8 Å². The Hall–Kier alpha value is -12.5. The maximum atomic E-state index is 16.9. The average molecular weight is 1210 g/mol. The van der Waals surface area contributed by atoms with Crippen LogP contribution in [0.2, 0.25) is 0 Å². The van der Waals surface area contributed by atoms with Crippen LogP contribution in [0.25, 0.3) is 99.6 Å². The summed E-state index contributed by atoms with van der Waals surface area (Å²) in [6, 6.07) is 80.1. The van der Waals surface area contributed by atoms with E-state index in [0.717, 1.165) is 66.6 Å². The molecule has 12 heteroatoms. The van der Waals surface area contributed by atoms with Gasteiger partial charge in [-0.1, -0.05) is 164 Å². The molecule has 0 saturated heterocycles. The van der Waals surface area contributed by atoms with E-state index < -0.39 is 17.7 Å². The van der Waals surface area contributed by atoms with Gasteiger partial charge in [-0.2, -0.15) is 0 Å². The minimum absolute atomic E-state index is 0.0140. The van der Waals surface area contributed by atoms with Crippen LogP contribution >= 0.6 is 0 Å². The van der Waals surface area contributed by atoms with Crippen molar-refractivity contribution in [1.29, 1.82) is 0 Å². The molecule has 6 heterocycles. The first-order chi connectivity index (χ1) is 45.6. The number of fused-ring (bicyclic) bond motifs is 9. The maximum Gasteiger partial charge on any atom is 0.262 e. The van der Waals surface area contributed by atoms with E-state index >= 15 is 14.4 Å². The summed E-state index contributed by atoms with van der Waals surface area (Å²) in [6.07, 6.45) is 5.06. The van der Waals surface area contributed by atoms with E-state index in [4.69, 9.17) is 28.2 Å². The highest BCUT2D eigenvalue weighted by Crippen LogP contribution is 2.45. The van der Waals surface area contributed by atoms with E-state index in [0.29, 0.717) is 83.8 Å². The number of carbonyl (C=O) groups is 3. The summed E-state index contributed by atoms with van der Waals surface area (Å²) in [5.41, 5.74) is 13.7. The molecular weight excluding hydrogens is 1150 g/mol. The molecular formula is C81H54N6O6. The van der Waals surface area contributed by atoms with Crippen molar-refractivity contribution in [2.24, 2.45) is 0 Å². The van der Waals surface area contributed by atoms with Crippen LogP contribution < -0.4 is 14.7 Å². The van der Waals surface area contributed by atoms with Crippen molar-refractivity contribution >= 4 is 118 Å². The van der Waals surface area contributed by atoms with E-state index in [1.807, 2.05) is 257 Å². The number of aryl methyl sites for hydroxylation is 3. The quantitative estimate of drug-likeness (QED) is 0.117. The molecule has 0 aliphatic carbocycles. The molecule has 444 valence electrons. The normalized spacial score (nSPS) is 11.5. The minimum Gasteiger partial charge on any atom is -0.456 e. The number of aromatic nitrogens is 3. The smallest absolute Gasteiger partial charge is 0.262 e. The summed E-state index contributed by atoms with van der Waals surface area (Å²) < 4.78 is 19.5. The monoisotopic (exact) mass is 1210 g/mol. The molecule has 16 rings (SSSR count). The predicted molar refractivity (Wildman–Crippen MR) is 370 cm³/mol. The van der Waals surface area contributed by atoms with Crippen molar-refractivity contribution in [2.75, 3.05) is 14.7 Å². The molecule has 6 aromatic heterocycles. The van der Waals surface area contributed by atoms with Crippen molar-refractivity contribution in [3.05, 3.63) is 307 Å². The lowest BCUT2D eigenvalue weighted by Crippen LogP contribution is -2.31. The Morgan fingerprint density at radius 2 is 0.548 bits per heavy atom. The fourth-order valence-electron chi connectivity index (χ4n) is 13.1. The number of amides is 3. The predicted octanol–water partition coefficient (Wildman–Crippen LogP) is 20.4.